The molecule has 3 aromatic rings. The first-order valence-electron chi connectivity index (χ1n) is 13.3. The molecule has 41 heavy (non-hydrogen) atoms. The van der Waals surface area contributed by atoms with Crippen LogP contribution in [0, 0.1) is 5.41 Å². The highest BCUT2D eigenvalue weighted by Crippen LogP contribution is 2.41. The van der Waals surface area contributed by atoms with Gasteiger partial charge < -0.3 is 14.7 Å². The minimum Gasteiger partial charge on any atom is -0.497 e. The number of nitrogens with one attached hydrogen (secondary N) is 1. The van der Waals surface area contributed by atoms with Crippen LogP contribution in [-0.2, 0) is 11.0 Å². The van der Waals surface area contributed by atoms with Gasteiger partial charge in [0.25, 0.3) is 0 Å². The van der Waals surface area contributed by atoms with Gasteiger partial charge in [-0.25, -0.2) is 5.48 Å². The van der Waals surface area contributed by atoms with Crippen molar-refractivity contribution in [1.82, 2.24) is 15.4 Å². The minimum absolute atomic E-state index is 0.219. The van der Waals surface area contributed by atoms with Crippen LogP contribution in [-0.4, -0.2) is 58.6 Å². The predicted molar refractivity (Wildman–Crippen MR) is 152 cm³/mol. The molecule has 1 saturated heterocycles. The Kier molecular flexibility index (Phi) is 10.4. The molecule has 1 aliphatic rings. The summed E-state index contributed by atoms with van der Waals surface area (Å²) in [6.07, 6.45) is -1.69. The third kappa shape index (κ3) is 7.45. The number of rotatable bonds is 11. The summed E-state index contributed by atoms with van der Waals surface area (Å²) in [5, 5.41) is 21.7. The summed E-state index contributed by atoms with van der Waals surface area (Å²) in [5.74, 6) is 0.640. The Bertz CT molecular complexity index is 1350. The Balaban J connectivity index is 1.35. The first-order valence-corrected chi connectivity index (χ1v) is 14.7. The van der Waals surface area contributed by atoms with E-state index in [9.17, 15) is 28.3 Å². The molecule has 12 heteroatoms. The van der Waals surface area contributed by atoms with Crippen molar-refractivity contribution in [2.75, 3.05) is 32.5 Å². The lowest BCUT2D eigenvalue weighted by Gasteiger charge is -2.40. The Labute approximate surface area is 246 Å². The summed E-state index contributed by atoms with van der Waals surface area (Å²) in [4.78, 5) is 19.5. The number of likely N-dealkylation sites (tertiary alicyclic amines) is 1. The SMILES string of the molecule is COc1ccc2ncc(Cl)c(C(O)CCC3(C(=O)NO)CCN(CCCSc4ccccc4C(F)(F)F)CC3)c2c1. The molecule has 0 spiro atoms. The number of methoxy groups -OCH3 is 1. The molecular weight excluding hydrogens is 579 g/mol. The average molecular weight is 612 g/mol. The van der Waals surface area contributed by atoms with Crippen LogP contribution in [0.3, 0.4) is 0 Å². The molecule has 0 saturated carbocycles. The van der Waals surface area contributed by atoms with E-state index in [1.807, 2.05) is 5.48 Å². The van der Waals surface area contributed by atoms with Crippen molar-refractivity contribution < 1.29 is 33.0 Å². The molecule has 1 atom stereocenters. The van der Waals surface area contributed by atoms with Crippen LogP contribution in [0.15, 0.2) is 53.6 Å². The maximum absolute atomic E-state index is 13.2. The molecule has 222 valence electrons. The summed E-state index contributed by atoms with van der Waals surface area (Å²) in [6.45, 7) is 1.86. The third-order valence-corrected chi connectivity index (χ3v) is 9.22. The highest BCUT2D eigenvalue weighted by atomic mass is 35.5. The van der Waals surface area contributed by atoms with Gasteiger partial charge in [-0.15, -0.1) is 11.8 Å². The number of ether oxygens (including phenoxy) is 1. The second-order valence-corrected chi connectivity index (χ2v) is 11.8. The first kappa shape index (κ1) is 31.4. The number of thioether (sulfide) groups is 1. The molecule has 0 bridgehead atoms. The number of aliphatic hydroxyl groups is 1. The van der Waals surface area contributed by atoms with Crippen molar-refractivity contribution in [2.45, 2.75) is 49.3 Å². The van der Waals surface area contributed by atoms with Crippen molar-refractivity contribution in [3.05, 3.63) is 64.8 Å². The standard InChI is InChI=1S/C29H33ClF3N3O4S/c1-40-19-7-8-23-20(17-19)26(22(30)18-34-23)24(37)9-10-28(27(38)35-39)11-14-36(15-12-28)13-4-16-41-25-6-3-2-5-21(25)29(31,32)33/h2-3,5-8,17-18,24,37,39H,4,9-16H2,1H3,(H,35,38). The van der Waals surface area contributed by atoms with E-state index in [-0.39, 0.29) is 11.3 Å². The largest absolute Gasteiger partial charge is 0.497 e. The molecule has 1 unspecified atom stereocenters. The van der Waals surface area contributed by atoms with Gasteiger partial charge in [-0.05, 0) is 87.8 Å². The van der Waals surface area contributed by atoms with Crippen molar-refractivity contribution in [2.24, 2.45) is 5.41 Å². The van der Waals surface area contributed by atoms with E-state index in [2.05, 4.69) is 9.88 Å². The number of halogens is 4. The summed E-state index contributed by atoms with van der Waals surface area (Å²) >= 11 is 7.63. The van der Waals surface area contributed by atoms with Crippen LogP contribution in [0.4, 0.5) is 13.2 Å². The monoisotopic (exact) mass is 611 g/mol. The number of aliphatic hydroxyl groups excluding tert-OH is 1. The number of piperidine rings is 1. The molecule has 4 rings (SSSR count). The number of carbonyl (C=O) groups excluding carboxylic acids is 1. The average Bonchev–Trinajstić information content (AvgIpc) is 2.97. The number of hydrogen-bond donors (Lipinski definition) is 3. The summed E-state index contributed by atoms with van der Waals surface area (Å²) < 4.78 is 45.0. The van der Waals surface area contributed by atoms with Crippen molar-refractivity contribution in [3.8, 4) is 5.75 Å². The molecule has 2 heterocycles. The lowest BCUT2D eigenvalue weighted by Crippen LogP contribution is -2.48. The Morgan fingerprint density at radius 3 is 2.66 bits per heavy atom. The molecule has 7 nitrogen and oxygen atoms in total. The maximum atomic E-state index is 13.2. The quantitative estimate of drug-likeness (QED) is 0.0986. The third-order valence-electron chi connectivity index (χ3n) is 7.76. The Morgan fingerprint density at radius 2 is 1.98 bits per heavy atom. The topological polar surface area (TPSA) is 94.9 Å². The molecular formula is C29H33ClF3N3O4S. The van der Waals surface area contributed by atoms with E-state index in [1.165, 1.54) is 30.1 Å². The molecule has 1 fully saturated rings. The number of aromatic nitrogens is 1. The molecule has 1 aliphatic heterocycles. The smallest absolute Gasteiger partial charge is 0.417 e. The number of amides is 1. The molecule has 3 N–H and O–H groups in total. The summed E-state index contributed by atoms with van der Waals surface area (Å²) in [6, 6.07) is 10.9. The zero-order valence-electron chi connectivity index (χ0n) is 22.6. The summed E-state index contributed by atoms with van der Waals surface area (Å²) in [5.41, 5.74) is 1.48. The number of hydroxylamine groups is 1. The maximum Gasteiger partial charge on any atom is 0.417 e. The van der Waals surface area contributed by atoms with Gasteiger partial charge in [-0.3, -0.25) is 15.0 Å². The van der Waals surface area contributed by atoms with Crippen molar-refractivity contribution in [3.63, 3.8) is 0 Å². The van der Waals surface area contributed by atoms with Gasteiger partial charge in [0, 0.05) is 22.0 Å². The number of carbonyl (C=O) groups is 1. The molecule has 0 radical (unpaired) electrons. The number of benzene rings is 2. The molecule has 1 amide bonds. The van der Waals surface area contributed by atoms with Crippen LogP contribution < -0.4 is 10.2 Å². The zero-order valence-corrected chi connectivity index (χ0v) is 24.2. The fourth-order valence-electron chi connectivity index (χ4n) is 5.40. The lowest BCUT2D eigenvalue weighted by molar-refractivity contribution is -0.144. The van der Waals surface area contributed by atoms with Crippen molar-refractivity contribution >= 4 is 40.2 Å². The predicted octanol–water partition coefficient (Wildman–Crippen LogP) is 6.50. The molecule has 0 aliphatic carbocycles. The van der Waals surface area contributed by atoms with Gasteiger partial charge in [-0.2, -0.15) is 13.2 Å². The van der Waals surface area contributed by atoms with Crippen LogP contribution in [0.2, 0.25) is 5.02 Å². The second kappa shape index (κ2) is 13.6. The van der Waals surface area contributed by atoms with E-state index < -0.39 is 29.2 Å². The van der Waals surface area contributed by atoms with Crippen LogP contribution in [0.5, 0.6) is 5.75 Å². The van der Waals surface area contributed by atoms with Crippen LogP contribution in [0.25, 0.3) is 10.9 Å². The second-order valence-electron chi connectivity index (χ2n) is 10.2. The molecule has 1 aromatic heterocycles. The number of hydrogen-bond acceptors (Lipinski definition) is 7. The fourth-order valence-corrected chi connectivity index (χ4v) is 6.69. The normalized spacial score (nSPS) is 16.5. The van der Waals surface area contributed by atoms with Gasteiger partial charge in [0.05, 0.1) is 34.7 Å². The summed E-state index contributed by atoms with van der Waals surface area (Å²) in [7, 11) is 1.55. The van der Waals surface area contributed by atoms with Crippen LogP contribution in [0.1, 0.15) is 49.3 Å². The van der Waals surface area contributed by atoms with Crippen LogP contribution >= 0.6 is 23.4 Å². The Hall–Kier alpha value is -2.57. The van der Waals surface area contributed by atoms with E-state index in [0.717, 1.165) is 6.07 Å². The highest BCUT2D eigenvalue weighted by Gasteiger charge is 2.41. The highest BCUT2D eigenvalue weighted by molar-refractivity contribution is 7.99. The van der Waals surface area contributed by atoms with Gasteiger partial charge >= 0.3 is 6.18 Å². The first-order chi connectivity index (χ1) is 19.6. The van der Waals surface area contributed by atoms with E-state index >= 15 is 0 Å². The lowest BCUT2D eigenvalue weighted by atomic mass is 9.73. The van der Waals surface area contributed by atoms with Gasteiger partial charge in [0.2, 0.25) is 5.91 Å². The molecule has 2 aromatic carbocycles. The fraction of sp³-hybridized carbons (Fsp3) is 0.448. The van der Waals surface area contributed by atoms with Gasteiger partial charge in [0.15, 0.2) is 0 Å². The zero-order chi connectivity index (χ0) is 29.6. The number of nitrogens with zero attached hydrogens (tertiary/aromatic N) is 2. The van der Waals surface area contributed by atoms with E-state index in [4.69, 9.17) is 16.3 Å². The van der Waals surface area contributed by atoms with Gasteiger partial charge in [-0.1, -0.05) is 23.7 Å². The number of alkyl halides is 3. The van der Waals surface area contributed by atoms with Crippen molar-refractivity contribution in [1.29, 1.82) is 0 Å². The van der Waals surface area contributed by atoms with Gasteiger partial charge in [0.1, 0.15) is 5.75 Å². The number of pyridine rings is 1. The Morgan fingerprint density at radius 1 is 1.24 bits per heavy atom. The van der Waals surface area contributed by atoms with E-state index in [1.54, 1.807) is 31.4 Å². The number of fused-ring (bicyclic) bond motifs is 1. The minimum atomic E-state index is -4.39. The van der Waals surface area contributed by atoms with E-state index in [0.29, 0.717) is 78.3 Å².